The molecule has 0 radical (unpaired) electrons. The SMILES string of the molecule is COc1cc(Nc2nccc(NC3CCS(=O)(=O)C3)n2)c(OC)cc1Cl. The number of methoxy groups -OCH3 is 2. The Hall–Kier alpha value is -2.26. The summed E-state index contributed by atoms with van der Waals surface area (Å²) in [6.07, 6.45) is 2.15. The number of halogens is 1. The highest BCUT2D eigenvalue weighted by atomic mass is 35.5. The molecule has 26 heavy (non-hydrogen) atoms. The van der Waals surface area contributed by atoms with Gasteiger partial charge in [0.05, 0.1) is 36.4 Å². The van der Waals surface area contributed by atoms with Crippen molar-refractivity contribution in [3.05, 3.63) is 29.4 Å². The maximum atomic E-state index is 11.6. The number of hydrogen-bond acceptors (Lipinski definition) is 8. The second kappa shape index (κ2) is 7.55. The maximum Gasteiger partial charge on any atom is 0.229 e. The quantitative estimate of drug-likeness (QED) is 0.765. The van der Waals surface area contributed by atoms with Crippen molar-refractivity contribution in [2.45, 2.75) is 12.5 Å². The van der Waals surface area contributed by atoms with Gasteiger partial charge < -0.3 is 20.1 Å². The van der Waals surface area contributed by atoms with Gasteiger partial charge in [0, 0.05) is 24.4 Å². The van der Waals surface area contributed by atoms with Gasteiger partial charge in [-0.25, -0.2) is 13.4 Å². The predicted octanol–water partition coefficient (Wildman–Crippen LogP) is 2.49. The molecule has 1 saturated heterocycles. The lowest BCUT2D eigenvalue weighted by Crippen LogP contribution is -2.21. The van der Waals surface area contributed by atoms with Crippen LogP contribution in [0.3, 0.4) is 0 Å². The van der Waals surface area contributed by atoms with Crippen LogP contribution in [0.5, 0.6) is 11.5 Å². The molecule has 140 valence electrons. The number of nitrogens with zero attached hydrogens (tertiary/aromatic N) is 2. The highest BCUT2D eigenvalue weighted by Gasteiger charge is 2.28. The first-order valence-corrected chi connectivity index (χ1v) is 10.1. The second-order valence-corrected chi connectivity index (χ2v) is 8.46. The van der Waals surface area contributed by atoms with Crippen LogP contribution in [0.15, 0.2) is 24.4 Å². The zero-order chi connectivity index (χ0) is 18.7. The van der Waals surface area contributed by atoms with Crippen LogP contribution in [0.4, 0.5) is 17.5 Å². The molecule has 0 amide bonds. The minimum absolute atomic E-state index is 0.113. The molecule has 1 aliphatic rings. The molecule has 1 aromatic heterocycles. The molecule has 2 N–H and O–H groups in total. The Morgan fingerprint density at radius 2 is 2.00 bits per heavy atom. The molecule has 0 saturated carbocycles. The molecule has 1 aromatic carbocycles. The monoisotopic (exact) mass is 398 g/mol. The number of hydrogen-bond donors (Lipinski definition) is 2. The Kier molecular flexibility index (Phi) is 5.38. The molecule has 3 rings (SSSR count). The van der Waals surface area contributed by atoms with E-state index in [0.717, 1.165) is 0 Å². The van der Waals surface area contributed by atoms with Gasteiger partial charge >= 0.3 is 0 Å². The molecule has 0 spiro atoms. The van der Waals surface area contributed by atoms with E-state index in [-0.39, 0.29) is 17.5 Å². The van der Waals surface area contributed by atoms with Crippen LogP contribution in [-0.4, -0.2) is 50.2 Å². The van der Waals surface area contributed by atoms with Crippen LogP contribution in [0.2, 0.25) is 5.02 Å². The van der Waals surface area contributed by atoms with Gasteiger partial charge in [0.25, 0.3) is 0 Å². The third-order valence-electron chi connectivity index (χ3n) is 3.96. The number of ether oxygens (including phenoxy) is 2. The fourth-order valence-corrected chi connectivity index (χ4v) is 4.60. The van der Waals surface area contributed by atoms with Crippen molar-refractivity contribution in [3.8, 4) is 11.5 Å². The maximum absolute atomic E-state index is 11.6. The minimum atomic E-state index is -2.96. The van der Waals surface area contributed by atoms with E-state index in [0.29, 0.717) is 40.4 Å². The van der Waals surface area contributed by atoms with Crippen LogP contribution in [-0.2, 0) is 9.84 Å². The summed E-state index contributed by atoms with van der Waals surface area (Å²) < 4.78 is 33.7. The zero-order valence-electron chi connectivity index (χ0n) is 14.3. The summed E-state index contributed by atoms with van der Waals surface area (Å²) in [7, 11) is 0.0929. The highest BCUT2D eigenvalue weighted by molar-refractivity contribution is 7.91. The van der Waals surface area contributed by atoms with Gasteiger partial charge in [-0.2, -0.15) is 4.98 Å². The summed E-state index contributed by atoms with van der Waals surface area (Å²) in [6.45, 7) is 0. The molecule has 1 atom stereocenters. The van der Waals surface area contributed by atoms with Gasteiger partial charge in [0.2, 0.25) is 5.95 Å². The van der Waals surface area contributed by atoms with Gasteiger partial charge in [0.15, 0.2) is 9.84 Å². The molecule has 10 heteroatoms. The molecule has 1 unspecified atom stereocenters. The van der Waals surface area contributed by atoms with Crippen molar-refractivity contribution in [2.75, 3.05) is 36.4 Å². The van der Waals surface area contributed by atoms with Crippen molar-refractivity contribution < 1.29 is 17.9 Å². The summed E-state index contributed by atoms with van der Waals surface area (Å²) >= 11 is 6.10. The van der Waals surface area contributed by atoms with Crippen LogP contribution < -0.4 is 20.1 Å². The van der Waals surface area contributed by atoms with Gasteiger partial charge in [0.1, 0.15) is 17.3 Å². The van der Waals surface area contributed by atoms with Gasteiger partial charge in [-0.3, -0.25) is 0 Å². The predicted molar refractivity (Wildman–Crippen MR) is 101 cm³/mol. The van der Waals surface area contributed by atoms with Crippen molar-refractivity contribution in [1.82, 2.24) is 9.97 Å². The lowest BCUT2D eigenvalue weighted by molar-refractivity contribution is 0.405. The molecule has 2 heterocycles. The van der Waals surface area contributed by atoms with Crippen molar-refractivity contribution >= 4 is 38.9 Å². The van der Waals surface area contributed by atoms with E-state index < -0.39 is 9.84 Å². The fraction of sp³-hybridized carbons (Fsp3) is 0.375. The number of sulfone groups is 1. The number of anilines is 3. The highest BCUT2D eigenvalue weighted by Crippen LogP contribution is 2.36. The molecular weight excluding hydrogens is 380 g/mol. The van der Waals surface area contributed by atoms with Gasteiger partial charge in [-0.05, 0) is 12.5 Å². The Morgan fingerprint density at radius 1 is 1.23 bits per heavy atom. The lowest BCUT2D eigenvalue weighted by Gasteiger charge is -2.15. The Balaban J connectivity index is 1.79. The minimum Gasteiger partial charge on any atom is -0.495 e. The smallest absolute Gasteiger partial charge is 0.229 e. The molecule has 0 bridgehead atoms. The Morgan fingerprint density at radius 3 is 2.65 bits per heavy atom. The van der Waals surface area contributed by atoms with Crippen LogP contribution >= 0.6 is 11.6 Å². The van der Waals surface area contributed by atoms with Crippen molar-refractivity contribution in [1.29, 1.82) is 0 Å². The van der Waals surface area contributed by atoms with Crippen LogP contribution in [0.1, 0.15) is 6.42 Å². The van der Waals surface area contributed by atoms with Crippen LogP contribution in [0.25, 0.3) is 0 Å². The number of aromatic nitrogens is 2. The standard InChI is InChI=1S/C16H19ClN4O4S/c1-24-13-8-12(14(25-2)7-11(13)17)20-16-18-5-3-15(21-16)19-10-4-6-26(22,23)9-10/h3,5,7-8,10H,4,6,9H2,1-2H3,(H2,18,19,20,21). The number of benzene rings is 1. The lowest BCUT2D eigenvalue weighted by atomic mass is 10.2. The second-order valence-electron chi connectivity index (χ2n) is 5.82. The molecule has 0 aliphatic carbocycles. The largest absolute Gasteiger partial charge is 0.495 e. The average molecular weight is 399 g/mol. The molecule has 1 aliphatic heterocycles. The van der Waals surface area contributed by atoms with Crippen molar-refractivity contribution in [2.24, 2.45) is 0 Å². The summed E-state index contributed by atoms with van der Waals surface area (Å²) in [4.78, 5) is 8.56. The summed E-state index contributed by atoms with van der Waals surface area (Å²) in [5.41, 5.74) is 0.592. The fourth-order valence-electron chi connectivity index (χ4n) is 2.70. The van der Waals surface area contributed by atoms with E-state index in [2.05, 4.69) is 20.6 Å². The van der Waals surface area contributed by atoms with E-state index in [1.54, 1.807) is 24.4 Å². The molecule has 8 nitrogen and oxygen atoms in total. The molecular formula is C16H19ClN4O4S. The van der Waals surface area contributed by atoms with E-state index >= 15 is 0 Å². The molecule has 2 aromatic rings. The topological polar surface area (TPSA) is 102 Å². The third kappa shape index (κ3) is 4.28. The third-order valence-corrected chi connectivity index (χ3v) is 6.02. The summed E-state index contributed by atoms with van der Waals surface area (Å²) in [6, 6.07) is 4.87. The average Bonchev–Trinajstić information content (AvgIpc) is 2.95. The zero-order valence-corrected chi connectivity index (χ0v) is 15.9. The van der Waals surface area contributed by atoms with Gasteiger partial charge in [-0.1, -0.05) is 11.6 Å². The number of nitrogens with one attached hydrogen (secondary N) is 2. The van der Waals surface area contributed by atoms with Gasteiger partial charge in [-0.15, -0.1) is 0 Å². The number of rotatable bonds is 6. The van der Waals surface area contributed by atoms with E-state index in [4.69, 9.17) is 21.1 Å². The molecule has 1 fully saturated rings. The normalized spacial score (nSPS) is 18.3. The first kappa shape index (κ1) is 18.5. The summed E-state index contributed by atoms with van der Waals surface area (Å²) in [5, 5.41) is 6.62. The van der Waals surface area contributed by atoms with Crippen molar-refractivity contribution in [3.63, 3.8) is 0 Å². The van der Waals surface area contributed by atoms with Crippen LogP contribution in [0, 0.1) is 0 Å². The Labute approximate surface area is 156 Å². The first-order valence-electron chi connectivity index (χ1n) is 7.89. The van der Waals surface area contributed by atoms with E-state index in [1.807, 2.05) is 0 Å². The van der Waals surface area contributed by atoms with E-state index in [1.165, 1.54) is 14.2 Å². The van der Waals surface area contributed by atoms with E-state index in [9.17, 15) is 8.42 Å². The Bertz CT molecular complexity index is 907. The summed E-state index contributed by atoms with van der Waals surface area (Å²) in [5.74, 6) is 2.19. The first-order chi connectivity index (χ1) is 12.4.